The molecule has 2 N–H and O–H groups in total. The molecule has 0 aliphatic heterocycles. The average Bonchev–Trinajstić information content (AvgIpc) is 1.89. The Morgan fingerprint density at radius 2 is 2.33 bits per heavy atom. The van der Waals surface area contributed by atoms with Gasteiger partial charge in [0.25, 0.3) is 0 Å². The van der Waals surface area contributed by atoms with E-state index in [1.807, 2.05) is 0 Å². The molecule has 0 aliphatic rings. The van der Waals surface area contributed by atoms with Gasteiger partial charge in [-0.25, -0.2) is 0 Å². The van der Waals surface area contributed by atoms with Crippen molar-refractivity contribution in [3.8, 4) is 5.75 Å². The van der Waals surface area contributed by atoms with Gasteiger partial charge in [-0.15, -0.1) is 0 Å². The van der Waals surface area contributed by atoms with Gasteiger partial charge in [-0.3, -0.25) is 0 Å². The lowest BCUT2D eigenvalue weighted by atomic mass is 10.2. The highest BCUT2D eigenvalue weighted by Gasteiger charge is 1.93. The quantitative estimate of drug-likeness (QED) is 0.576. The van der Waals surface area contributed by atoms with Gasteiger partial charge < -0.3 is 10.2 Å². The largest absolute Gasteiger partial charge is 0.508 e. The lowest BCUT2D eigenvalue weighted by Crippen LogP contribution is -1.81. The number of benzene rings is 1. The van der Waals surface area contributed by atoms with Crippen molar-refractivity contribution in [1.82, 2.24) is 0 Å². The zero-order valence-electron chi connectivity index (χ0n) is 4.83. The Kier molecular flexibility index (Phi) is 1.70. The second-order valence-electron chi connectivity index (χ2n) is 1.71. The van der Waals surface area contributed by atoms with Gasteiger partial charge in [0.05, 0.1) is 6.61 Å². The standard InChI is InChI=1S/C7H7O2/c8-5-6-3-1-2-4-7(6)9/h2-4,8-9H,5H2. The van der Waals surface area contributed by atoms with E-state index < -0.39 is 0 Å². The van der Waals surface area contributed by atoms with Gasteiger partial charge in [0, 0.05) is 5.56 Å². The Morgan fingerprint density at radius 1 is 1.56 bits per heavy atom. The molecule has 1 radical (unpaired) electrons. The van der Waals surface area contributed by atoms with Crippen molar-refractivity contribution in [3.63, 3.8) is 0 Å². The second kappa shape index (κ2) is 2.51. The molecule has 0 heterocycles. The fourth-order valence-corrected chi connectivity index (χ4v) is 0.583. The van der Waals surface area contributed by atoms with Crippen molar-refractivity contribution in [3.05, 3.63) is 29.8 Å². The van der Waals surface area contributed by atoms with Crippen LogP contribution in [-0.4, -0.2) is 10.2 Å². The minimum atomic E-state index is -0.136. The molecule has 1 aromatic carbocycles. The fraction of sp³-hybridized carbons (Fsp3) is 0.143. The highest BCUT2D eigenvalue weighted by molar-refractivity contribution is 5.30. The van der Waals surface area contributed by atoms with Crippen LogP contribution in [0.3, 0.4) is 0 Å². The molecule has 0 saturated carbocycles. The van der Waals surface area contributed by atoms with Crippen molar-refractivity contribution >= 4 is 0 Å². The van der Waals surface area contributed by atoms with E-state index in [2.05, 4.69) is 6.07 Å². The lowest BCUT2D eigenvalue weighted by molar-refractivity contribution is 0.275. The van der Waals surface area contributed by atoms with E-state index >= 15 is 0 Å². The molecule has 0 spiro atoms. The molecule has 0 atom stereocenters. The van der Waals surface area contributed by atoms with Gasteiger partial charge in [-0.2, -0.15) is 0 Å². The van der Waals surface area contributed by atoms with Gasteiger partial charge in [-0.1, -0.05) is 6.07 Å². The van der Waals surface area contributed by atoms with Crippen molar-refractivity contribution in [2.24, 2.45) is 0 Å². The maximum Gasteiger partial charge on any atom is 0.121 e. The molecule has 1 aromatic rings. The van der Waals surface area contributed by atoms with Crippen LogP contribution in [0.2, 0.25) is 0 Å². The summed E-state index contributed by atoms with van der Waals surface area (Å²) in [4.78, 5) is 0. The second-order valence-corrected chi connectivity index (χ2v) is 1.71. The van der Waals surface area contributed by atoms with Gasteiger partial charge in [-0.05, 0) is 18.2 Å². The minimum absolute atomic E-state index is 0.122. The van der Waals surface area contributed by atoms with Crippen LogP contribution in [0.1, 0.15) is 5.56 Å². The molecule has 1 rings (SSSR count). The number of rotatable bonds is 1. The number of aliphatic hydroxyl groups excluding tert-OH is 1. The normalized spacial score (nSPS) is 9.44. The Bertz CT molecular complexity index is 196. The SMILES string of the molecule is OCc1c[c]ccc1O. The van der Waals surface area contributed by atoms with Crippen molar-refractivity contribution in [2.45, 2.75) is 6.61 Å². The first-order valence-electron chi connectivity index (χ1n) is 2.63. The van der Waals surface area contributed by atoms with Crippen LogP contribution in [0.15, 0.2) is 18.2 Å². The molecular formula is C7H7O2. The molecular weight excluding hydrogens is 116 g/mol. The van der Waals surface area contributed by atoms with E-state index in [9.17, 15) is 0 Å². The molecule has 0 fully saturated rings. The predicted molar refractivity (Wildman–Crippen MR) is 32.9 cm³/mol. The molecule has 0 aromatic heterocycles. The zero-order chi connectivity index (χ0) is 6.69. The zero-order valence-corrected chi connectivity index (χ0v) is 4.83. The Hall–Kier alpha value is -1.02. The highest BCUT2D eigenvalue weighted by atomic mass is 16.3. The van der Waals surface area contributed by atoms with Crippen LogP contribution < -0.4 is 0 Å². The van der Waals surface area contributed by atoms with Gasteiger partial charge in [0.15, 0.2) is 0 Å². The van der Waals surface area contributed by atoms with Crippen LogP contribution in [0, 0.1) is 6.07 Å². The molecule has 0 unspecified atom stereocenters. The number of aliphatic hydroxyl groups is 1. The smallest absolute Gasteiger partial charge is 0.121 e. The molecule has 2 nitrogen and oxygen atoms in total. The highest BCUT2D eigenvalue weighted by Crippen LogP contribution is 2.13. The van der Waals surface area contributed by atoms with Crippen LogP contribution >= 0.6 is 0 Å². The van der Waals surface area contributed by atoms with E-state index in [4.69, 9.17) is 10.2 Å². The first-order valence-corrected chi connectivity index (χ1v) is 2.63. The van der Waals surface area contributed by atoms with Gasteiger partial charge in [0.2, 0.25) is 0 Å². The number of aromatic hydroxyl groups is 1. The summed E-state index contributed by atoms with van der Waals surface area (Å²) in [5.41, 5.74) is 0.512. The van der Waals surface area contributed by atoms with E-state index in [1.54, 1.807) is 12.1 Å². The number of hydrogen-bond donors (Lipinski definition) is 2. The topological polar surface area (TPSA) is 40.5 Å². The summed E-state index contributed by atoms with van der Waals surface area (Å²) in [6, 6.07) is 7.37. The summed E-state index contributed by atoms with van der Waals surface area (Å²) in [5.74, 6) is 0.122. The van der Waals surface area contributed by atoms with Crippen LogP contribution in [0.25, 0.3) is 0 Å². The van der Waals surface area contributed by atoms with E-state index in [1.165, 1.54) is 6.07 Å². The molecule has 47 valence electrons. The summed E-state index contributed by atoms with van der Waals surface area (Å²) < 4.78 is 0. The lowest BCUT2D eigenvalue weighted by Gasteiger charge is -1.96. The van der Waals surface area contributed by atoms with Crippen LogP contribution in [0.5, 0.6) is 5.75 Å². The first-order chi connectivity index (χ1) is 4.34. The Morgan fingerprint density at radius 3 is 2.78 bits per heavy atom. The first kappa shape index (κ1) is 6.11. The van der Waals surface area contributed by atoms with Gasteiger partial charge >= 0.3 is 0 Å². The average molecular weight is 123 g/mol. The summed E-state index contributed by atoms with van der Waals surface area (Å²) in [7, 11) is 0. The van der Waals surface area contributed by atoms with Crippen LogP contribution in [0.4, 0.5) is 0 Å². The van der Waals surface area contributed by atoms with Crippen molar-refractivity contribution < 1.29 is 10.2 Å². The molecule has 0 aliphatic carbocycles. The summed E-state index contributed by atoms with van der Waals surface area (Å²) >= 11 is 0. The van der Waals surface area contributed by atoms with Crippen molar-refractivity contribution in [1.29, 1.82) is 0 Å². The molecule has 0 amide bonds. The number of hydrogen-bond acceptors (Lipinski definition) is 2. The number of phenols is 1. The molecule has 0 saturated heterocycles. The third-order valence-corrected chi connectivity index (χ3v) is 1.09. The predicted octanol–water partition coefficient (Wildman–Crippen LogP) is 0.685. The third-order valence-electron chi connectivity index (χ3n) is 1.09. The summed E-state index contributed by atoms with van der Waals surface area (Å²) in [6.07, 6.45) is 0. The Labute approximate surface area is 53.4 Å². The van der Waals surface area contributed by atoms with E-state index in [-0.39, 0.29) is 12.4 Å². The fourth-order valence-electron chi connectivity index (χ4n) is 0.583. The molecule has 2 heteroatoms. The van der Waals surface area contributed by atoms with E-state index in [0.717, 1.165) is 0 Å². The molecule has 0 bridgehead atoms. The third kappa shape index (κ3) is 1.21. The minimum Gasteiger partial charge on any atom is -0.508 e. The summed E-state index contributed by atoms with van der Waals surface area (Å²) in [5, 5.41) is 17.5. The van der Waals surface area contributed by atoms with Crippen LogP contribution in [-0.2, 0) is 6.61 Å². The molecule has 9 heavy (non-hydrogen) atoms. The van der Waals surface area contributed by atoms with Gasteiger partial charge in [0.1, 0.15) is 5.75 Å². The summed E-state index contributed by atoms with van der Waals surface area (Å²) in [6.45, 7) is -0.136. The van der Waals surface area contributed by atoms with Crippen molar-refractivity contribution in [2.75, 3.05) is 0 Å². The monoisotopic (exact) mass is 123 g/mol. The maximum absolute atomic E-state index is 8.93. The Balaban J connectivity index is 3.01. The van der Waals surface area contributed by atoms with E-state index in [0.29, 0.717) is 5.56 Å². The maximum atomic E-state index is 8.93.